The zero-order valence-electron chi connectivity index (χ0n) is 18.3. The van der Waals surface area contributed by atoms with E-state index in [1.54, 1.807) is 7.11 Å². The SMILES string of the molecule is CN=C(NCC(c1ccc(OC)cc1)N1CCOCC1)N1CCC(C(=O)OC)CC1. The highest BCUT2D eigenvalue weighted by atomic mass is 16.5. The molecule has 2 fully saturated rings. The Morgan fingerprint density at radius 2 is 1.83 bits per heavy atom. The molecule has 2 saturated heterocycles. The second-order valence-corrected chi connectivity index (χ2v) is 7.65. The van der Waals surface area contributed by atoms with Crippen molar-refractivity contribution in [2.75, 3.05) is 67.2 Å². The number of benzene rings is 1. The summed E-state index contributed by atoms with van der Waals surface area (Å²) < 4.78 is 15.8. The number of likely N-dealkylation sites (tertiary alicyclic amines) is 1. The zero-order valence-corrected chi connectivity index (χ0v) is 18.3. The number of hydrogen-bond acceptors (Lipinski definition) is 6. The Morgan fingerprint density at radius 1 is 1.17 bits per heavy atom. The Morgan fingerprint density at radius 3 is 2.40 bits per heavy atom. The Labute approximate surface area is 179 Å². The van der Waals surface area contributed by atoms with E-state index in [0.717, 1.165) is 70.5 Å². The summed E-state index contributed by atoms with van der Waals surface area (Å²) in [5.74, 6) is 1.62. The summed E-state index contributed by atoms with van der Waals surface area (Å²) in [7, 11) is 4.95. The van der Waals surface area contributed by atoms with Crippen molar-refractivity contribution in [3.8, 4) is 5.75 Å². The number of hydrogen-bond donors (Lipinski definition) is 1. The van der Waals surface area contributed by atoms with Crippen LogP contribution in [0.15, 0.2) is 29.3 Å². The van der Waals surface area contributed by atoms with Gasteiger partial charge in [0.15, 0.2) is 5.96 Å². The van der Waals surface area contributed by atoms with Gasteiger partial charge < -0.3 is 24.4 Å². The van der Waals surface area contributed by atoms with Gasteiger partial charge in [0.25, 0.3) is 0 Å². The predicted octanol–water partition coefficient (Wildman–Crippen LogP) is 1.53. The van der Waals surface area contributed by atoms with Crippen LogP contribution in [0.4, 0.5) is 0 Å². The van der Waals surface area contributed by atoms with Gasteiger partial charge >= 0.3 is 5.97 Å². The third-order valence-electron chi connectivity index (χ3n) is 5.98. The molecule has 1 atom stereocenters. The molecule has 1 aromatic carbocycles. The second-order valence-electron chi connectivity index (χ2n) is 7.65. The van der Waals surface area contributed by atoms with E-state index in [1.807, 2.05) is 19.2 Å². The van der Waals surface area contributed by atoms with Gasteiger partial charge in [-0.1, -0.05) is 12.1 Å². The first-order valence-corrected chi connectivity index (χ1v) is 10.7. The Bertz CT molecular complexity index is 696. The molecule has 2 heterocycles. The molecule has 2 aliphatic heterocycles. The number of nitrogens with one attached hydrogen (secondary N) is 1. The number of esters is 1. The Hall–Kier alpha value is -2.32. The van der Waals surface area contributed by atoms with E-state index in [0.29, 0.717) is 0 Å². The van der Waals surface area contributed by atoms with Crippen LogP contribution in [0.5, 0.6) is 5.75 Å². The summed E-state index contributed by atoms with van der Waals surface area (Å²) in [6.45, 7) is 5.65. The van der Waals surface area contributed by atoms with E-state index in [1.165, 1.54) is 12.7 Å². The molecular weight excluding hydrogens is 384 g/mol. The summed E-state index contributed by atoms with van der Waals surface area (Å²) >= 11 is 0. The fourth-order valence-corrected chi connectivity index (χ4v) is 4.19. The normalized spacial score (nSPS) is 20.0. The molecule has 30 heavy (non-hydrogen) atoms. The number of carbonyl (C=O) groups is 1. The van der Waals surface area contributed by atoms with Gasteiger partial charge in [0.1, 0.15) is 5.75 Å². The fraction of sp³-hybridized carbons (Fsp3) is 0.636. The van der Waals surface area contributed by atoms with Crippen molar-refractivity contribution in [3.63, 3.8) is 0 Å². The number of piperidine rings is 1. The maximum absolute atomic E-state index is 11.8. The number of morpholine rings is 1. The lowest BCUT2D eigenvalue weighted by Crippen LogP contribution is -2.49. The quantitative estimate of drug-likeness (QED) is 0.427. The van der Waals surface area contributed by atoms with E-state index < -0.39 is 0 Å². The van der Waals surface area contributed by atoms with Crippen LogP contribution in [0.25, 0.3) is 0 Å². The van der Waals surface area contributed by atoms with Crippen LogP contribution >= 0.6 is 0 Å². The van der Waals surface area contributed by atoms with Crippen molar-refractivity contribution in [1.82, 2.24) is 15.1 Å². The third-order valence-corrected chi connectivity index (χ3v) is 5.98. The van der Waals surface area contributed by atoms with Crippen LogP contribution in [-0.4, -0.2) is 88.9 Å². The van der Waals surface area contributed by atoms with E-state index in [4.69, 9.17) is 14.2 Å². The first kappa shape index (κ1) is 22.4. The van der Waals surface area contributed by atoms with E-state index in [9.17, 15) is 4.79 Å². The minimum Gasteiger partial charge on any atom is -0.497 e. The lowest BCUT2D eigenvalue weighted by molar-refractivity contribution is -0.146. The summed E-state index contributed by atoms with van der Waals surface area (Å²) in [5.41, 5.74) is 1.24. The molecule has 8 heteroatoms. The highest BCUT2D eigenvalue weighted by Crippen LogP contribution is 2.24. The molecule has 0 spiro atoms. The number of methoxy groups -OCH3 is 2. The highest BCUT2D eigenvalue weighted by molar-refractivity contribution is 5.80. The summed E-state index contributed by atoms with van der Waals surface area (Å²) in [6, 6.07) is 8.49. The van der Waals surface area contributed by atoms with Crippen LogP contribution in [0.1, 0.15) is 24.4 Å². The molecule has 2 aliphatic rings. The summed E-state index contributed by atoms with van der Waals surface area (Å²) in [4.78, 5) is 21.0. The van der Waals surface area contributed by atoms with Crippen LogP contribution in [0.3, 0.4) is 0 Å². The molecule has 0 bridgehead atoms. The number of ether oxygens (including phenoxy) is 3. The summed E-state index contributed by atoms with van der Waals surface area (Å²) in [6.07, 6.45) is 1.58. The van der Waals surface area contributed by atoms with Crippen LogP contribution in [0.2, 0.25) is 0 Å². The molecule has 0 aromatic heterocycles. The Balaban J connectivity index is 1.64. The number of guanidine groups is 1. The molecule has 0 radical (unpaired) electrons. The molecule has 166 valence electrons. The smallest absolute Gasteiger partial charge is 0.308 e. The largest absolute Gasteiger partial charge is 0.497 e. The van der Waals surface area contributed by atoms with Gasteiger partial charge in [0.05, 0.1) is 39.4 Å². The monoisotopic (exact) mass is 418 g/mol. The van der Waals surface area contributed by atoms with E-state index in [-0.39, 0.29) is 17.9 Å². The lowest BCUT2D eigenvalue weighted by Gasteiger charge is -2.37. The van der Waals surface area contributed by atoms with Crippen molar-refractivity contribution in [3.05, 3.63) is 29.8 Å². The average molecular weight is 419 g/mol. The van der Waals surface area contributed by atoms with Crippen LogP contribution in [-0.2, 0) is 14.3 Å². The number of nitrogens with zero attached hydrogens (tertiary/aromatic N) is 3. The van der Waals surface area contributed by atoms with Crippen molar-refractivity contribution in [2.45, 2.75) is 18.9 Å². The molecule has 1 aromatic rings. The van der Waals surface area contributed by atoms with Crippen molar-refractivity contribution in [1.29, 1.82) is 0 Å². The van der Waals surface area contributed by atoms with Gasteiger partial charge in [-0.2, -0.15) is 0 Å². The van der Waals surface area contributed by atoms with Gasteiger partial charge in [0.2, 0.25) is 0 Å². The first-order chi connectivity index (χ1) is 14.7. The van der Waals surface area contributed by atoms with Crippen molar-refractivity contribution < 1.29 is 19.0 Å². The van der Waals surface area contributed by atoms with Gasteiger partial charge in [-0.05, 0) is 30.5 Å². The maximum Gasteiger partial charge on any atom is 0.308 e. The van der Waals surface area contributed by atoms with Gasteiger partial charge in [-0.15, -0.1) is 0 Å². The third kappa shape index (κ3) is 5.64. The zero-order chi connectivity index (χ0) is 21.3. The summed E-state index contributed by atoms with van der Waals surface area (Å²) in [5, 5.41) is 3.57. The van der Waals surface area contributed by atoms with E-state index >= 15 is 0 Å². The number of aliphatic imine (C=N–C) groups is 1. The van der Waals surface area contributed by atoms with Crippen LogP contribution in [0, 0.1) is 5.92 Å². The van der Waals surface area contributed by atoms with Gasteiger partial charge in [-0.25, -0.2) is 0 Å². The van der Waals surface area contributed by atoms with Crippen molar-refractivity contribution in [2.24, 2.45) is 10.9 Å². The molecule has 0 aliphatic carbocycles. The lowest BCUT2D eigenvalue weighted by atomic mass is 9.97. The molecule has 1 N–H and O–H groups in total. The number of rotatable bonds is 6. The average Bonchev–Trinajstić information content (AvgIpc) is 2.82. The molecule has 3 rings (SSSR count). The number of carbonyl (C=O) groups excluding carboxylic acids is 1. The second kappa shape index (κ2) is 11.2. The van der Waals surface area contributed by atoms with Crippen molar-refractivity contribution >= 4 is 11.9 Å². The molecule has 0 amide bonds. The van der Waals surface area contributed by atoms with Gasteiger partial charge in [0, 0.05) is 39.8 Å². The standard InChI is InChI=1S/C22H34N4O4/c1-23-22(26-10-8-18(9-11-26)21(27)29-3)24-16-20(25-12-14-30-15-13-25)17-4-6-19(28-2)7-5-17/h4-7,18,20H,8-16H2,1-3H3,(H,23,24). The molecule has 1 unspecified atom stereocenters. The van der Waals surface area contributed by atoms with Crippen LogP contribution < -0.4 is 10.1 Å². The minimum atomic E-state index is -0.107. The van der Waals surface area contributed by atoms with E-state index in [2.05, 4.69) is 32.2 Å². The topological polar surface area (TPSA) is 75.6 Å². The highest BCUT2D eigenvalue weighted by Gasteiger charge is 2.28. The first-order valence-electron chi connectivity index (χ1n) is 10.7. The molecular formula is C22H34N4O4. The van der Waals surface area contributed by atoms with Gasteiger partial charge in [-0.3, -0.25) is 14.7 Å². The fourth-order valence-electron chi connectivity index (χ4n) is 4.19. The molecule has 0 saturated carbocycles. The maximum atomic E-state index is 11.8. The Kier molecular flexibility index (Phi) is 8.33. The molecule has 8 nitrogen and oxygen atoms in total. The predicted molar refractivity (Wildman–Crippen MR) is 116 cm³/mol. The minimum absolute atomic E-state index is 0.00949.